The fourth-order valence-electron chi connectivity index (χ4n) is 8.43. The fourth-order valence-corrected chi connectivity index (χ4v) is 8.43. The van der Waals surface area contributed by atoms with Crippen LogP contribution in [0.5, 0.6) is 0 Å². The molecule has 10 heteroatoms. The van der Waals surface area contributed by atoms with Crippen molar-refractivity contribution in [3.05, 3.63) is 35.9 Å². The SMILES string of the molecule is CC[C@H](C)[C@@H]([C@@H](CC(=O)N1CCC[C@H]1[C@H](OC)[C@@H](C)C(=O)N[C@H](C)[C@@H](C)c1ccccc1)OC)N(C)C(=O)[C@@H](CC(=O)[C@H](C(C)C)N(C)C(C)C)C(C)C. The summed E-state index contributed by atoms with van der Waals surface area (Å²) in [7, 11) is 7.00. The number of hydrogen-bond acceptors (Lipinski definition) is 7. The monoisotopic (exact) mass is 757 g/mol. The molecule has 1 heterocycles. The molecule has 0 bridgehead atoms. The normalized spacial score (nSPS) is 20.0. The number of nitrogens with zero attached hydrogens (tertiary/aromatic N) is 3. The number of rotatable bonds is 22. The Morgan fingerprint density at radius 3 is 1.98 bits per heavy atom. The predicted octanol–water partition coefficient (Wildman–Crippen LogP) is 6.81. The minimum atomic E-state index is -0.566. The molecule has 0 aliphatic carbocycles. The van der Waals surface area contributed by atoms with Crippen molar-refractivity contribution < 1.29 is 28.7 Å². The quantitative estimate of drug-likeness (QED) is 0.139. The molecule has 3 amide bonds. The van der Waals surface area contributed by atoms with Crippen molar-refractivity contribution in [2.24, 2.45) is 29.6 Å². The summed E-state index contributed by atoms with van der Waals surface area (Å²) in [5.74, 6) is -0.968. The highest BCUT2D eigenvalue weighted by Crippen LogP contribution is 2.31. The van der Waals surface area contributed by atoms with E-state index in [0.717, 1.165) is 24.8 Å². The highest BCUT2D eigenvalue weighted by Gasteiger charge is 2.43. The van der Waals surface area contributed by atoms with Gasteiger partial charge in [-0.3, -0.25) is 24.1 Å². The number of likely N-dealkylation sites (tertiary alicyclic amines) is 1. The number of likely N-dealkylation sites (N-methyl/N-ethyl adjacent to an activating group) is 2. The van der Waals surface area contributed by atoms with Crippen molar-refractivity contribution in [3.63, 3.8) is 0 Å². The molecule has 10 nitrogen and oxygen atoms in total. The van der Waals surface area contributed by atoms with Crippen LogP contribution in [-0.4, -0.2) is 115 Å². The van der Waals surface area contributed by atoms with E-state index in [0.29, 0.717) is 6.54 Å². The third-order valence-corrected chi connectivity index (χ3v) is 12.5. The molecule has 1 aliphatic heterocycles. The van der Waals surface area contributed by atoms with E-state index < -0.39 is 24.0 Å². The first kappa shape index (κ1) is 47.3. The molecule has 2 rings (SSSR count). The second kappa shape index (κ2) is 22.1. The molecule has 1 saturated heterocycles. The van der Waals surface area contributed by atoms with Crippen LogP contribution in [0.25, 0.3) is 0 Å². The van der Waals surface area contributed by atoms with Crippen LogP contribution in [-0.2, 0) is 28.7 Å². The molecule has 1 aromatic carbocycles. The van der Waals surface area contributed by atoms with Gasteiger partial charge in [0.2, 0.25) is 17.7 Å². The molecule has 308 valence electrons. The lowest BCUT2D eigenvalue weighted by atomic mass is 9.83. The number of benzene rings is 1. The van der Waals surface area contributed by atoms with Gasteiger partial charge in [-0.1, -0.05) is 92.1 Å². The first-order valence-corrected chi connectivity index (χ1v) is 20.6. The molecule has 10 atom stereocenters. The second-order valence-electron chi connectivity index (χ2n) is 17.1. The molecule has 0 radical (unpaired) electrons. The lowest BCUT2D eigenvalue weighted by molar-refractivity contribution is -0.149. The zero-order valence-corrected chi connectivity index (χ0v) is 36.4. The smallest absolute Gasteiger partial charge is 0.226 e. The zero-order chi connectivity index (χ0) is 41.0. The van der Waals surface area contributed by atoms with E-state index >= 15 is 0 Å². The van der Waals surface area contributed by atoms with Gasteiger partial charge in [-0.15, -0.1) is 0 Å². The summed E-state index contributed by atoms with van der Waals surface area (Å²) in [6.07, 6.45) is 1.52. The standard InChI is InChI=1S/C44H76N4O6/c1-16-30(8)41(47(13)44(52)35(27(2)3)25-37(49)40(28(4)5)46(12)29(6)7)38(53-14)26-39(50)48-24-20-23-36(48)42(54-15)32(10)43(51)45-33(11)31(9)34-21-18-17-19-22-34/h17-19,21-22,27-33,35-36,38,40-42H,16,20,23-26H2,1-15H3,(H,45,51)/t30-,31+,32+,33+,35-,36-,38+,40-,41-,42+/m0/s1. The van der Waals surface area contributed by atoms with Crippen LogP contribution in [0.4, 0.5) is 0 Å². The van der Waals surface area contributed by atoms with E-state index in [9.17, 15) is 19.2 Å². The number of hydrogen-bond donors (Lipinski definition) is 1. The Morgan fingerprint density at radius 2 is 1.48 bits per heavy atom. The van der Waals surface area contributed by atoms with Crippen molar-refractivity contribution >= 4 is 23.5 Å². The summed E-state index contributed by atoms with van der Waals surface area (Å²) in [5, 5.41) is 3.21. The first-order valence-electron chi connectivity index (χ1n) is 20.6. The fraction of sp³-hybridized carbons (Fsp3) is 0.773. The first-order chi connectivity index (χ1) is 25.3. The third-order valence-electron chi connectivity index (χ3n) is 12.5. The van der Waals surface area contributed by atoms with Gasteiger partial charge < -0.3 is 24.6 Å². The highest BCUT2D eigenvalue weighted by molar-refractivity contribution is 5.90. The minimum absolute atomic E-state index is 0.0285. The summed E-state index contributed by atoms with van der Waals surface area (Å²) in [6, 6.07) is 9.32. The topological polar surface area (TPSA) is 108 Å². The second-order valence-corrected chi connectivity index (χ2v) is 17.1. The third kappa shape index (κ3) is 12.1. The summed E-state index contributed by atoms with van der Waals surface area (Å²) >= 11 is 0. The maximum absolute atomic E-state index is 14.4. The number of carbonyl (C=O) groups is 4. The summed E-state index contributed by atoms with van der Waals surface area (Å²) in [4.78, 5) is 61.8. The van der Waals surface area contributed by atoms with Gasteiger partial charge in [0.05, 0.1) is 42.7 Å². The molecule has 1 fully saturated rings. The number of nitrogens with one attached hydrogen (secondary N) is 1. The van der Waals surface area contributed by atoms with Crippen LogP contribution in [0.3, 0.4) is 0 Å². The van der Waals surface area contributed by atoms with Crippen LogP contribution < -0.4 is 5.32 Å². The van der Waals surface area contributed by atoms with Crippen molar-refractivity contribution in [1.82, 2.24) is 20.0 Å². The van der Waals surface area contributed by atoms with Gasteiger partial charge in [-0.25, -0.2) is 0 Å². The number of amides is 3. The van der Waals surface area contributed by atoms with Crippen LogP contribution in [0.1, 0.15) is 120 Å². The number of carbonyl (C=O) groups excluding carboxylic acids is 4. The van der Waals surface area contributed by atoms with E-state index in [1.807, 2.05) is 57.8 Å². The van der Waals surface area contributed by atoms with Crippen LogP contribution in [0, 0.1) is 29.6 Å². The van der Waals surface area contributed by atoms with Gasteiger partial charge in [0.15, 0.2) is 5.78 Å². The summed E-state index contributed by atoms with van der Waals surface area (Å²) in [6.45, 7) is 23.0. The molecule has 0 saturated carbocycles. The van der Waals surface area contributed by atoms with Crippen LogP contribution in [0.15, 0.2) is 30.3 Å². The van der Waals surface area contributed by atoms with E-state index in [2.05, 4.69) is 70.8 Å². The van der Waals surface area contributed by atoms with Gasteiger partial charge in [-0.2, -0.15) is 0 Å². The molecule has 0 spiro atoms. The predicted molar refractivity (Wildman–Crippen MR) is 218 cm³/mol. The minimum Gasteiger partial charge on any atom is -0.379 e. The van der Waals surface area contributed by atoms with Crippen LogP contribution >= 0.6 is 0 Å². The maximum Gasteiger partial charge on any atom is 0.226 e. The van der Waals surface area contributed by atoms with Crippen LogP contribution in [0.2, 0.25) is 0 Å². The summed E-state index contributed by atoms with van der Waals surface area (Å²) in [5.41, 5.74) is 1.16. The van der Waals surface area contributed by atoms with Gasteiger partial charge in [-0.05, 0) is 64.0 Å². The molecule has 54 heavy (non-hydrogen) atoms. The molecule has 0 aromatic heterocycles. The van der Waals surface area contributed by atoms with Gasteiger partial charge in [0.1, 0.15) is 0 Å². The largest absolute Gasteiger partial charge is 0.379 e. The Hall–Kier alpha value is -2.82. The number of methoxy groups -OCH3 is 2. The van der Waals surface area contributed by atoms with Gasteiger partial charge in [0, 0.05) is 58.2 Å². The average Bonchev–Trinajstić information content (AvgIpc) is 3.62. The molecule has 1 aliphatic rings. The van der Waals surface area contributed by atoms with Crippen molar-refractivity contribution in [3.8, 4) is 0 Å². The molecule has 0 unspecified atom stereocenters. The Morgan fingerprint density at radius 1 is 0.870 bits per heavy atom. The van der Waals surface area contributed by atoms with E-state index in [-0.39, 0.29) is 90.2 Å². The molecule has 1 aromatic rings. The van der Waals surface area contributed by atoms with Crippen molar-refractivity contribution in [2.45, 2.75) is 157 Å². The van der Waals surface area contributed by atoms with E-state index in [1.54, 1.807) is 26.2 Å². The Kier molecular flexibility index (Phi) is 19.3. The maximum atomic E-state index is 14.4. The van der Waals surface area contributed by atoms with Gasteiger partial charge >= 0.3 is 0 Å². The van der Waals surface area contributed by atoms with Crippen molar-refractivity contribution in [1.29, 1.82) is 0 Å². The Bertz CT molecular complexity index is 1320. The molecular formula is C44H76N4O6. The average molecular weight is 757 g/mol. The number of ketones is 1. The highest BCUT2D eigenvalue weighted by atomic mass is 16.5. The lowest BCUT2D eigenvalue weighted by Gasteiger charge is -2.41. The van der Waals surface area contributed by atoms with E-state index in [1.165, 1.54) is 0 Å². The number of ether oxygens (including phenoxy) is 2. The van der Waals surface area contributed by atoms with Gasteiger partial charge in [0.25, 0.3) is 0 Å². The number of Topliss-reactive ketones (excluding diaryl/α,β-unsaturated/α-hetero) is 1. The summed E-state index contributed by atoms with van der Waals surface area (Å²) < 4.78 is 12.1. The zero-order valence-electron chi connectivity index (χ0n) is 36.4. The molecular weight excluding hydrogens is 681 g/mol. The molecule has 1 N–H and O–H groups in total. The lowest BCUT2D eigenvalue weighted by Crippen LogP contribution is -2.55. The Balaban J connectivity index is 2.27. The Labute approximate surface area is 328 Å². The van der Waals surface area contributed by atoms with Crippen molar-refractivity contribution in [2.75, 3.05) is 34.9 Å². The van der Waals surface area contributed by atoms with E-state index in [4.69, 9.17) is 9.47 Å².